The van der Waals surface area contributed by atoms with Gasteiger partial charge in [-0.15, -0.1) is 12.3 Å². The largest absolute Gasteiger partial charge is 0.118 e. The van der Waals surface area contributed by atoms with Gasteiger partial charge >= 0.3 is 0 Å². The first-order valence-electron chi connectivity index (χ1n) is 4.88. The van der Waals surface area contributed by atoms with Crippen LogP contribution in [0, 0.1) is 24.2 Å². The van der Waals surface area contributed by atoms with Gasteiger partial charge in [-0.05, 0) is 12.0 Å². The summed E-state index contributed by atoms with van der Waals surface area (Å²) in [4.78, 5) is 0. The molecule has 0 nitrogen and oxygen atoms in total. The lowest BCUT2D eigenvalue weighted by Crippen LogP contribution is -1.90. The SMILES string of the molecule is C#CC(C#CCCC)c1ccccc1. The molecule has 0 heteroatoms. The molecule has 0 heterocycles. The first-order chi connectivity index (χ1) is 6.88. The summed E-state index contributed by atoms with van der Waals surface area (Å²) in [5, 5.41) is 0. The summed E-state index contributed by atoms with van der Waals surface area (Å²) in [6, 6.07) is 10.00. The Labute approximate surface area is 86.3 Å². The molecule has 0 radical (unpaired) electrons. The van der Waals surface area contributed by atoms with Crippen LogP contribution in [-0.4, -0.2) is 0 Å². The van der Waals surface area contributed by atoms with Crippen molar-refractivity contribution in [3.63, 3.8) is 0 Å². The maximum absolute atomic E-state index is 5.43. The molecule has 0 aliphatic rings. The Morgan fingerprint density at radius 2 is 2.00 bits per heavy atom. The summed E-state index contributed by atoms with van der Waals surface area (Å²) >= 11 is 0. The smallest absolute Gasteiger partial charge is 0.106 e. The maximum Gasteiger partial charge on any atom is 0.106 e. The van der Waals surface area contributed by atoms with E-state index in [0.29, 0.717) is 0 Å². The van der Waals surface area contributed by atoms with Crippen molar-refractivity contribution in [3.05, 3.63) is 35.9 Å². The van der Waals surface area contributed by atoms with Crippen molar-refractivity contribution in [1.82, 2.24) is 0 Å². The summed E-state index contributed by atoms with van der Waals surface area (Å²) in [5.41, 5.74) is 1.11. The Hall–Kier alpha value is -1.66. The molecule has 0 saturated carbocycles. The Bertz CT molecular complexity index is 357. The Balaban J connectivity index is 2.76. The van der Waals surface area contributed by atoms with Gasteiger partial charge in [0.15, 0.2) is 0 Å². The van der Waals surface area contributed by atoms with E-state index in [4.69, 9.17) is 6.42 Å². The standard InChI is InChI=1S/C14H14/c1-3-5-7-10-13(4-2)14-11-8-6-9-12-14/h2,6,8-9,11-13H,3,5H2,1H3. The number of benzene rings is 1. The van der Waals surface area contributed by atoms with Gasteiger partial charge in [-0.3, -0.25) is 0 Å². The first kappa shape index (κ1) is 10.4. The molecule has 1 unspecified atom stereocenters. The van der Waals surface area contributed by atoms with Crippen LogP contribution in [0.5, 0.6) is 0 Å². The van der Waals surface area contributed by atoms with Gasteiger partial charge < -0.3 is 0 Å². The maximum atomic E-state index is 5.43. The molecule has 1 aromatic carbocycles. The Morgan fingerprint density at radius 3 is 2.57 bits per heavy atom. The van der Waals surface area contributed by atoms with Crippen LogP contribution < -0.4 is 0 Å². The zero-order valence-electron chi connectivity index (χ0n) is 8.46. The molecule has 14 heavy (non-hydrogen) atoms. The highest BCUT2D eigenvalue weighted by Crippen LogP contribution is 2.12. The van der Waals surface area contributed by atoms with E-state index >= 15 is 0 Å². The van der Waals surface area contributed by atoms with E-state index in [1.165, 1.54) is 0 Å². The highest BCUT2D eigenvalue weighted by atomic mass is 14.0. The van der Waals surface area contributed by atoms with E-state index in [1.54, 1.807) is 0 Å². The minimum Gasteiger partial charge on any atom is -0.118 e. The topological polar surface area (TPSA) is 0 Å². The lowest BCUT2D eigenvalue weighted by atomic mass is 10.0. The van der Waals surface area contributed by atoms with Crippen molar-refractivity contribution in [2.24, 2.45) is 0 Å². The molecule has 0 spiro atoms. The molecule has 0 saturated heterocycles. The fourth-order valence-electron chi connectivity index (χ4n) is 1.17. The minimum absolute atomic E-state index is 0.0530. The number of hydrogen-bond donors (Lipinski definition) is 0. The predicted octanol–water partition coefficient (Wildman–Crippen LogP) is 3.21. The zero-order chi connectivity index (χ0) is 10.2. The van der Waals surface area contributed by atoms with Gasteiger partial charge in [-0.25, -0.2) is 0 Å². The van der Waals surface area contributed by atoms with Gasteiger partial charge in [0.05, 0.1) is 0 Å². The second kappa shape index (κ2) is 5.90. The number of unbranched alkanes of at least 4 members (excludes halogenated alkanes) is 1. The van der Waals surface area contributed by atoms with E-state index in [2.05, 4.69) is 24.7 Å². The fourth-order valence-corrected chi connectivity index (χ4v) is 1.17. The summed E-state index contributed by atoms with van der Waals surface area (Å²) in [6.07, 6.45) is 7.44. The third-order valence-corrected chi connectivity index (χ3v) is 1.92. The second-order valence-electron chi connectivity index (χ2n) is 3.08. The van der Waals surface area contributed by atoms with Gasteiger partial charge in [0.1, 0.15) is 5.92 Å². The highest BCUT2D eigenvalue weighted by Gasteiger charge is 2.01. The zero-order valence-corrected chi connectivity index (χ0v) is 8.46. The van der Waals surface area contributed by atoms with Crippen LogP contribution in [0.3, 0.4) is 0 Å². The lowest BCUT2D eigenvalue weighted by Gasteiger charge is -2.01. The van der Waals surface area contributed by atoms with Crippen LogP contribution in [0.1, 0.15) is 31.2 Å². The van der Waals surface area contributed by atoms with Crippen LogP contribution >= 0.6 is 0 Å². The molecule has 0 aliphatic heterocycles. The molecule has 0 amide bonds. The molecular weight excluding hydrogens is 168 g/mol. The summed E-state index contributed by atoms with van der Waals surface area (Å²) in [5.74, 6) is 8.84. The predicted molar refractivity (Wildman–Crippen MR) is 60.7 cm³/mol. The van der Waals surface area contributed by atoms with Crippen molar-refractivity contribution in [2.45, 2.75) is 25.7 Å². The van der Waals surface area contributed by atoms with Crippen LogP contribution in [0.15, 0.2) is 30.3 Å². The molecule has 0 aliphatic carbocycles. The van der Waals surface area contributed by atoms with E-state index in [1.807, 2.05) is 30.3 Å². The molecule has 1 atom stereocenters. The molecule has 70 valence electrons. The van der Waals surface area contributed by atoms with E-state index in [-0.39, 0.29) is 5.92 Å². The summed E-state index contributed by atoms with van der Waals surface area (Å²) in [7, 11) is 0. The molecule has 0 fully saturated rings. The number of rotatable bonds is 2. The lowest BCUT2D eigenvalue weighted by molar-refractivity contribution is 0.979. The summed E-state index contributed by atoms with van der Waals surface area (Å²) < 4.78 is 0. The molecular formula is C14H14. The van der Waals surface area contributed by atoms with Crippen LogP contribution in [0.25, 0.3) is 0 Å². The van der Waals surface area contributed by atoms with Gasteiger partial charge in [-0.1, -0.05) is 49.1 Å². The first-order valence-corrected chi connectivity index (χ1v) is 4.88. The van der Waals surface area contributed by atoms with Crippen molar-refractivity contribution in [3.8, 4) is 24.2 Å². The average molecular weight is 182 g/mol. The molecule has 1 aromatic rings. The van der Waals surface area contributed by atoms with Crippen molar-refractivity contribution >= 4 is 0 Å². The van der Waals surface area contributed by atoms with Gasteiger partial charge in [-0.2, -0.15) is 0 Å². The second-order valence-corrected chi connectivity index (χ2v) is 3.08. The normalized spacial score (nSPS) is 10.9. The third kappa shape index (κ3) is 3.00. The molecule has 0 aromatic heterocycles. The van der Waals surface area contributed by atoms with Crippen molar-refractivity contribution in [1.29, 1.82) is 0 Å². The van der Waals surface area contributed by atoms with Crippen LogP contribution in [0.2, 0.25) is 0 Å². The molecule has 0 bridgehead atoms. The van der Waals surface area contributed by atoms with Crippen molar-refractivity contribution < 1.29 is 0 Å². The average Bonchev–Trinajstić information content (AvgIpc) is 2.26. The minimum atomic E-state index is -0.0530. The monoisotopic (exact) mass is 182 g/mol. The van der Waals surface area contributed by atoms with Gasteiger partial charge in [0.25, 0.3) is 0 Å². The van der Waals surface area contributed by atoms with Gasteiger partial charge in [0.2, 0.25) is 0 Å². The van der Waals surface area contributed by atoms with E-state index in [9.17, 15) is 0 Å². The number of terminal acetylenes is 1. The summed E-state index contributed by atoms with van der Waals surface area (Å²) in [6.45, 7) is 2.11. The van der Waals surface area contributed by atoms with Crippen LogP contribution in [0.4, 0.5) is 0 Å². The van der Waals surface area contributed by atoms with Gasteiger partial charge in [0, 0.05) is 6.42 Å². The highest BCUT2D eigenvalue weighted by molar-refractivity contribution is 5.35. The number of hydrogen-bond acceptors (Lipinski definition) is 0. The fraction of sp³-hybridized carbons (Fsp3) is 0.286. The Morgan fingerprint density at radius 1 is 1.29 bits per heavy atom. The van der Waals surface area contributed by atoms with E-state index < -0.39 is 0 Å². The van der Waals surface area contributed by atoms with E-state index in [0.717, 1.165) is 18.4 Å². The van der Waals surface area contributed by atoms with Crippen molar-refractivity contribution in [2.75, 3.05) is 0 Å². The van der Waals surface area contributed by atoms with Crippen LogP contribution in [-0.2, 0) is 0 Å². The Kier molecular flexibility index (Phi) is 4.39. The quantitative estimate of drug-likeness (QED) is 0.616. The third-order valence-electron chi connectivity index (χ3n) is 1.92. The molecule has 0 N–H and O–H groups in total. The molecule has 1 rings (SSSR count).